The van der Waals surface area contributed by atoms with Crippen LogP contribution >= 0.6 is 0 Å². The third-order valence-corrected chi connectivity index (χ3v) is 2.78. The highest BCUT2D eigenvalue weighted by molar-refractivity contribution is 6.54. The van der Waals surface area contributed by atoms with Crippen LogP contribution in [0.1, 0.15) is 6.92 Å². The molecule has 2 nitrogen and oxygen atoms in total. The first-order valence-corrected chi connectivity index (χ1v) is 5.06. The van der Waals surface area contributed by atoms with E-state index in [0.29, 0.717) is 5.54 Å². The van der Waals surface area contributed by atoms with Crippen LogP contribution in [0.25, 0.3) is 0 Å². The van der Waals surface area contributed by atoms with E-state index in [0.717, 1.165) is 16.1 Å². The molecular weight excluding hydrogens is 166 g/mol. The zero-order valence-electron chi connectivity index (χ0n) is 7.45. The molecule has 3 heteroatoms. The van der Waals surface area contributed by atoms with Gasteiger partial charge in [-0.3, -0.25) is 4.98 Å². The Bertz CT molecular complexity index is 215. The SMILES string of the molecule is COCC(C)[Si]c1cccnc1. The smallest absolute Gasteiger partial charge is 0.0884 e. The van der Waals surface area contributed by atoms with Gasteiger partial charge in [0.05, 0.1) is 9.52 Å². The van der Waals surface area contributed by atoms with E-state index in [-0.39, 0.29) is 0 Å². The number of ether oxygens (including phenoxy) is 1. The number of pyridine rings is 1. The van der Waals surface area contributed by atoms with Gasteiger partial charge in [-0.2, -0.15) is 0 Å². The van der Waals surface area contributed by atoms with E-state index in [1.165, 1.54) is 5.19 Å². The van der Waals surface area contributed by atoms with Gasteiger partial charge in [-0.1, -0.05) is 13.0 Å². The molecule has 0 fully saturated rings. The summed E-state index contributed by atoms with van der Waals surface area (Å²) in [6.45, 7) is 3.02. The largest absolute Gasteiger partial charge is 0.385 e. The van der Waals surface area contributed by atoms with Crippen molar-refractivity contribution < 1.29 is 4.74 Å². The Morgan fingerprint density at radius 2 is 2.50 bits per heavy atom. The van der Waals surface area contributed by atoms with Gasteiger partial charge in [0.15, 0.2) is 0 Å². The van der Waals surface area contributed by atoms with Crippen molar-refractivity contribution in [1.82, 2.24) is 4.98 Å². The van der Waals surface area contributed by atoms with Gasteiger partial charge in [0.1, 0.15) is 0 Å². The zero-order chi connectivity index (χ0) is 8.81. The molecule has 0 aliphatic heterocycles. The molecule has 0 aliphatic rings. The minimum Gasteiger partial charge on any atom is -0.385 e. The molecule has 0 saturated carbocycles. The first-order chi connectivity index (χ1) is 5.83. The molecule has 0 aliphatic carbocycles. The van der Waals surface area contributed by atoms with E-state index >= 15 is 0 Å². The van der Waals surface area contributed by atoms with Crippen LogP contribution in [0.2, 0.25) is 5.54 Å². The second-order valence-corrected chi connectivity index (χ2v) is 4.59. The predicted molar refractivity (Wildman–Crippen MR) is 50.9 cm³/mol. The fraction of sp³-hybridized carbons (Fsp3) is 0.444. The maximum atomic E-state index is 5.06. The van der Waals surface area contributed by atoms with Crippen molar-refractivity contribution in [2.75, 3.05) is 13.7 Å². The van der Waals surface area contributed by atoms with E-state index in [2.05, 4.69) is 18.0 Å². The van der Waals surface area contributed by atoms with Crippen LogP contribution in [0.3, 0.4) is 0 Å². The Morgan fingerprint density at radius 3 is 3.08 bits per heavy atom. The average molecular weight is 179 g/mol. The Kier molecular flexibility index (Phi) is 3.97. The summed E-state index contributed by atoms with van der Waals surface area (Å²) in [5.41, 5.74) is 0.596. The van der Waals surface area contributed by atoms with Crippen molar-refractivity contribution in [2.45, 2.75) is 12.5 Å². The lowest BCUT2D eigenvalue weighted by molar-refractivity contribution is 0.199. The number of methoxy groups -OCH3 is 1. The van der Waals surface area contributed by atoms with Crippen LogP contribution in [0.15, 0.2) is 24.5 Å². The third kappa shape index (κ3) is 3.15. The summed E-state index contributed by atoms with van der Waals surface area (Å²) in [6, 6.07) is 4.08. The van der Waals surface area contributed by atoms with Crippen LogP contribution in [0.4, 0.5) is 0 Å². The Morgan fingerprint density at radius 1 is 1.67 bits per heavy atom. The lowest BCUT2D eigenvalue weighted by Gasteiger charge is -2.07. The lowest BCUT2D eigenvalue weighted by atomic mass is 10.5. The van der Waals surface area contributed by atoms with Crippen LogP contribution in [-0.4, -0.2) is 28.2 Å². The molecule has 12 heavy (non-hydrogen) atoms. The number of nitrogens with zero attached hydrogens (tertiary/aromatic N) is 1. The molecule has 0 aromatic carbocycles. The molecule has 1 aromatic rings. The Hall–Kier alpha value is -0.673. The van der Waals surface area contributed by atoms with Gasteiger partial charge < -0.3 is 4.74 Å². The molecule has 0 saturated heterocycles. The van der Waals surface area contributed by atoms with Gasteiger partial charge in [-0.05, 0) is 16.8 Å². The van der Waals surface area contributed by atoms with Crippen LogP contribution in [-0.2, 0) is 4.74 Å². The minimum atomic E-state index is 0.596. The number of aromatic nitrogens is 1. The van der Waals surface area contributed by atoms with Crippen molar-refractivity contribution in [3.8, 4) is 0 Å². The lowest BCUT2D eigenvalue weighted by Crippen LogP contribution is -2.20. The number of hydrogen-bond donors (Lipinski definition) is 0. The average Bonchev–Trinajstić information content (AvgIpc) is 2.06. The molecule has 0 N–H and O–H groups in total. The monoisotopic (exact) mass is 179 g/mol. The van der Waals surface area contributed by atoms with E-state index < -0.39 is 0 Å². The minimum absolute atomic E-state index is 0.596. The molecule has 0 bridgehead atoms. The van der Waals surface area contributed by atoms with Gasteiger partial charge in [-0.15, -0.1) is 0 Å². The fourth-order valence-electron chi connectivity index (χ4n) is 1.02. The first kappa shape index (κ1) is 9.42. The van der Waals surface area contributed by atoms with Crippen molar-refractivity contribution in [3.05, 3.63) is 24.5 Å². The second kappa shape index (κ2) is 5.06. The molecule has 2 radical (unpaired) electrons. The van der Waals surface area contributed by atoms with Crippen molar-refractivity contribution >= 4 is 14.7 Å². The predicted octanol–water partition coefficient (Wildman–Crippen LogP) is 0.866. The summed E-state index contributed by atoms with van der Waals surface area (Å²) in [5.74, 6) is 0. The molecular formula is C9H13NOSi. The zero-order valence-corrected chi connectivity index (χ0v) is 8.45. The van der Waals surface area contributed by atoms with Crippen LogP contribution < -0.4 is 5.19 Å². The molecule has 1 rings (SSSR count). The maximum absolute atomic E-state index is 5.06. The van der Waals surface area contributed by atoms with Crippen LogP contribution in [0, 0.1) is 0 Å². The highest BCUT2D eigenvalue weighted by atomic mass is 28.2. The van der Waals surface area contributed by atoms with E-state index in [1.54, 1.807) is 13.3 Å². The Labute approximate surface area is 75.8 Å². The molecule has 0 spiro atoms. The van der Waals surface area contributed by atoms with Gasteiger partial charge in [0, 0.05) is 26.1 Å². The van der Waals surface area contributed by atoms with Gasteiger partial charge in [0.2, 0.25) is 0 Å². The van der Waals surface area contributed by atoms with Crippen molar-refractivity contribution in [2.24, 2.45) is 0 Å². The molecule has 1 unspecified atom stereocenters. The summed E-state index contributed by atoms with van der Waals surface area (Å²) < 4.78 is 5.06. The highest BCUT2D eigenvalue weighted by Gasteiger charge is 2.03. The molecule has 1 heterocycles. The van der Waals surface area contributed by atoms with Gasteiger partial charge in [0.25, 0.3) is 0 Å². The molecule has 64 valence electrons. The maximum Gasteiger partial charge on any atom is 0.0884 e. The summed E-state index contributed by atoms with van der Waals surface area (Å²) in [5, 5.41) is 1.31. The topological polar surface area (TPSA) is 22.1 Å². The molecule has 0 amide bonds. The third-order valence-electron chi connectivity index (χ3n) is 1.49. The van der Waals surface area contributed by atoms with Gasteiger partial charge in [-0.25, -0.2) is 0 Å². The summed E-state index contributed by atoms with van der Waals surface area (Å²) in [7, 11) is 2.54. The normalized spacial score (nSPS) is 12.8. The van der Waals surface area contributed by atoms with E-state index in [1.807, 2.05) is 12.3 Å². The number of rotatable bonds is 4. The summed E-state index contributed by atoms with van der Waals surface area (Å²) in [4.78, 5) is 4.06. The first-order valence-electron chi connectivity index (χ1n) is 3.98. The fourth-order valence-corrected chi connectivity index (χ4v) is 2.18. The molecule has 1 aromatic heterocycles. The summed E-state index contributed by atoms with van der Waals surface area (Å²) >= 11 is 0. The van der Waals surface area contributed by atoms with Crippen molar-refractivity contribution in [1.29, 1.82) is 0 Å². The summed E-state index contributed by atoms with van der Waals surface area (Å²) in [6.07, 6.45) is 3.72. The van der Waals surface area contributed by atoms with Crippen molar-refractivity contribution in [3.63, 3.8) is 0 Å². The van der Waals surface area contributed by atoms with E-state index in [9.17, 15) is 0 Å². The molecule has 1 atom stereocenters. The van der Waals surface area contributed by atoms with Crippen LogP contribution in [0.5, 0.6) is 0 Å². The standard InChI is InChI=1S/C9H13NOSi/c1-8(7-11-2)12-9-4-3-5-10-6-9/h3-6,8H,7H2,1-2H3. The highest BCUT2D eigenvalue weighted by Crippen LogP contribution is 1.99. The number of hydrogen-bond acceptors (Lipinski definition) is 2. The van der Waals surface area contributed by atoms with Gasteiger partial charge >= 0.3 is 0 Å². The second-order valence-electron chi connectivity index (χ2n) is 2.74. The Balaban J connectivity index is 2.41. The quantitative estimate of drug-likeness (QED) is 0.640. The van der Waals surface area contributed by atoms with E-state index in [4.69, 9.17) is 4.74 Å².